The van der Waals surface area contributed by atoms with Crippen molar-refractivity contribution in [2.24, 2.45) is 0 Å². The largest absolute Gasteiger partial charge is 0.497 e. The molecular formula is C21H25NO6S. The highest BCUT2D eigenvalue weighted by molar-refractivity contribution is 7.89. The summed E-state index contributed by atoms with van der Waals surface area (Å²) in [7, 11) is -2.08. The standard InChI is InChI=1S/C21H25NO6S/c1-16-3-6-18(15-20(16)29(24,25)22-10-13-27-14-11-22)21(23)28-12-9-17-4-7-19(26-2)8-5-17/h3-8,15H,9-14H2,1-2H3. The number of hydrogen-bond acceptors (Lipinski definition) is 6. The van der Waals surface area contributed by atoms with Gasteiger partial charge < -0.3 is 14.2 Å². The van der Waals surface area contributed by atoms with E-state index in [1.807, 2.05) is 24.3 Å². The Balaban J connectivity index is 1.67. The van der Waals surface area contributed by atoms with Gasteiger partial charge in [0.05, 0.1) is 37.4 Å². The van der Waals surface area contributed by atoms with Gasteiger partial charge in [-0.15, -0.1) is 0 Å². The van der Waals surface area contributed by atoms with E-state index in [1.165, 1.54) is 10.4 Å². The van der Waals surface area contributed by atoms with E-state index in [0.29, 0.717) is 38.3 Å². The first kappa shape index (κ1) is 21.3. The van der Waals surface area contributed by atoms with E-state index >= 15 is 0 Å². The second-order valence-corrected chi connectivity index (χ2v) is 8.64. The first-order chi connectivity index (χ1) is 13.9. The molecule has 0 N–H and O–H groups in total. The lowest BCUT2D eigenvalue weighted by molar-refractivity contribution is 0.0509. The first-order valence-electron chi connectivity index (χ1n) is 9.40. The summed E-state index contributed by atoms with van der Waals surface area (Å²) in [5.41, 5.74) is 1.82. The molecule has 0 atom stereocenters. The molecule has 0 amide bonds. The van der Waals surface area contributed by atoms with Gasteiger partial charge in [0.15, 0.2) is 0 Å². The van der Waals surface area contributed by atoms with Gasteiger partial charge in [0.2, 0.25) is 10.0 Å². The number of methoxy groups -OCH3 is 1. The van der Waals surface area contributed by atoms with Crippen LogP contribution in [-0.4, -0.2) is 58.7 Å². The molecule has 0 unspecified atom stereocenters. The van der Waals surface area contributed by atoms with Crippen molar-refractivity contribution in [2.45, 2.75) is 18.2 Å². The summed E-state index contributed by atoms with van der Waals surface area (Å²) in [5, 5.41) is 0. The second kappa shape index (κ2) is 9.39. The number of esters is 1. The van der Waals surface area contributed by atoms with Crippen molar-refractivity contribution in [1.82, 2.24) is 4.31 Å². The third kappa shape index (κ3) is 5.14. The normalized spacial score (nSPS) is 15.1. The molecule has 0 aromatic heterocycles. The first-order valence-corrected chi connectivity index (χ1v) is 10.8. The summed E-state index contributed by atoms with van der Waals surface area (Å²) in [6.45, 7) is 3.25. The molecule has 0 radical (unpaired) electrons. The molecule has 3 rings (SSSR count). The number of morpholine rings is 1. The number of ether oxygens (including phenoxy) is 3. The topological polar surface area (TPSA) is 82.1 Å². The van der Waals surface area contributed by atoms with Crippen LogP contribution in [0.15, 0.2) is 47.4 Å². The molecule has 0 aliphatic carbocycles. The predicted molar refractivity (Wildman–Crippen MR) is 108 cm³/mol. The fourth-order valence-electron chi connectivity index (χ4n) is 3.07. The molecule has 156 valence electrons. The highest BCUT2D eigenvalue weighted by atomic mass is 32.2. The van der Waals surface area contributed by atoms with Gasteiger partial charge in [-0.1, -0.05) is 18.2 Å². The molecule has 0 saturated carbocycles. The van der Waals surface area contributed by atoms with E-state index < -0.39 is 16.0 Å². The number of nitrogens with zero attached hydrogens (tertiary/aromatic N) is 1. The highest BCUT2D eigenvalue weighted by Crippen LogP contribution is 2.23. The monoisotopic (exact) mass is 419 g/mol. The van der Waals surface area contributed by atoms with Crippen molar-refractivity contribution in [3.63, 3.8) is 0 Å². The van der Waals surface area contributed by atoms with Crippen LogP contribution in [0, 0.1) is 6.92 Å². The van der Waals surface area contributed by atoms with Crippen LogP contribution in [0.25, 0.3) is 0 Å². The molecule has 0 bridgehead atoms. The van der Waals surface area contributed by atoms with E-state index in [2.05, 4.69) is 0 Å². The van der Waals surface area contributed by atoms with Crippen LogP contribution < -0.4 is 4.74 Å². The third-order valence-electron chi connectivity index (χ3n) is 4.79. The van der Waals surface area contributed by atoms with E-state index in [-0.39, 0.29) is 17.1 Å². The van der Waals surface area contributed by atoms with Gasteiger partial charge in [0, 0.05) is 19.5 Å². The summed E-state index contributed by atoms with van der Waals surface area (Å²) < 4.78 is 43.0. The molecule has 2 aromatic carbocycles. The minimum atomic E-state index is -3.69. The van der Waals surface area contributed by atoms with Crippen molar-refractivity contribution in [3.8, 4) is 5.75 Å². The summed E-state index contributed by atoms with van der Waals surface area (Å²) in [4.78, 5) is 12.6. The van der Waals surface area contributed by atoms with E-state index in [9.17, 15) is 13.2 Å². The number of hydrogen-bond donors (Lipinski definition) is 0. The van der Waals surface area contributed by atoms with Crippen LogP contribution in [0.1, 0.15) is 21.5 Å². The highest BCUT2D eigenvalue weighted by Gasteiger charge is 2.28. The number of carbonyl (C=O) groups excluding carboxylic acids is 1. The van der Waals surface area contributed by atoms with Crippen molar-refractivity contribution in [1.29, 1.82) is 0 Å². The van der Waals surface area contributed by atoms with Crippen molar-refractivity contribution >= 4 is 16.0 Å². The molecule has 2 aromatic rings. The van der Waals surface area contributed by atoms with Gasteiger partial charge in [-0.25, -0.2) is 13.2 Å². The van der Waals surface area contributed by atoms with Crippen molar-refractivity contribution < 1.29 is 27.4 Å². The number of carbonyl (C=O) groups is 1. The average molecular weight is 419 g/mol. The Hall–Kier alpha value is -2.42. The fourth-order valence-corrected chi connectivity index (χ4v) is 4.73. The Labute approximate surface area is 171 Å². The maximum absolute atomic E-state index is 12.9. The van der Waals surface area contributed by atoms with Crippen molar-refractivity contribution in [2.75, 3.05) is 40.0 Å². The quantitative estimate of drug-likeness (QED) is 0.641. The predicted octanol–water partition coefficient (Wildman–Crippen LogP) is 2.42. The van der Waals surface area contributed by atoms with Crippen LogP contribution in [0.2, 0.25) is 0 Å². The maximum atomic E-state index is 12.9. The summed E-state index contributed by atoms with van der Waals surface area (Å²) in [6.07, 6.45) is 0.556. The third-order valence-corrected chi connectivity index (χ3v) is 6.84. The lowest BCUT2D eigenvalue weighted by Crippen LogP contribution is -2.40. The molecule has 29 heavy (non-hydrogen) atoms. The molecule has 7 nitrogen and oxygen atoms in total. The van der Waals surface area contributed by atoms with E-state index in [0.717, 1.165) is 11.3 Å². The zero-order valence-electron chi connectivity index (χ0n) is 16.6. The van der Waals surface area contributed by atoms with Gasteiger partial charge in [0.25, 0.3) is 0 Å². The lowest BCUT2D eigenvalue weighted by Gasteiger charge is -2.26. The molecule has 1 aliphatic heterocycles. The van der Waals surface area contributed by atoms with Gasteiger partial charge in [-0.05, 0) is 42.3 Å². The van der Waals surface area contributed by atoms with Gasteiger partial charge >= 0.3 is 5.97 Å². The molecule has 1 heterocycles. The zero-order chi connectivity index (χ0) is 20.9. The van der Waals surface area contributed by atoms with Gasteiger partial charge in [-0.2, -0.15) is 4.31 Å². The summed E-state index contributed by atoms with van der Waals surface area (Å²) in [6, 6.07) is 12.1. The minimum absolute atomic E-state index is 0.129. The van der Waals surface area contributed by atoms with Gasteiger partial charge in [-0.3, -0.25) is 0 Å². The van der Waals surface area contributed by atoms with Crippen LogP contribution in [-0.2, 0) is 25.9 Å². The molecular weight excluding hydrogens is 394 g/mol. The van der Waals surface area contributed by atoms with Crippen LogP contribution in [0.4, 0.5) is 0 Å². The molecule has 0 spiro atoms. The lowest BCUT2D eigenvalue weighted by atomic mass is 10.1. The molecule has 8 heteroatoms. The second-order valence-electron chi connectivity index (χ2n) is 6.73. The Morgan fingerprint density at radius 1 is 1.10 bits per heavy atom. The number of aryl methyl sites for hydroxylation is 1. The minimum Gasteiger partial charge on any atom is -0.497 e. The summed E-state index contributed by atoms with van der Waals surface area (Å²) >= 11 is 0. The van der Waals surface area contributed by atoms with Crippen molar-refractivity contribution in [3.05, 3.63) is 59.2 Å². The maximum Gasteiger partial charge on any atom is 0.338 e. The molecule has 1 fully saturated rings. The van der Waals surface area contributed by atoms with Crippen LogP contribution in [0.3, 0.4) is 0 Å². The fraction of sp³-hybridized carbons (Fsp3) is 0.381. The Morgan fingerprint density at radius 3 is 2.45 bits per heavy atom. The SMILES string of the molecule is COc1ccc(CCOC(=O)c2ccc(C)c(S(=O)(=O)N3CCOCC3)c2)cc1. The zero-order valence-corrected chi connectivity index (χ0v) is 17.4. The van der Waals surface area contributed by atoms with Gasteiger partial charge in [0.1, 0.15) is 5.75 Å². The van der Waals surface area contributed by atoms with Crippen LogP contribution in [0.5, 0.6) is 5.75 Å². The van der Waals surface area contributed by atoms with E-state index in [1.54, 1.807) is 26.2 Å². The smallest absolute Gasteiger partial charge is 0.338 e. The average Bonchev–Trinajstić information content (AvgIpc) is 2.75. The molecule has 1 saturated heterocycles. The number of benzene rings is 2. The Morgan fingerprint density at radius 2 is 1.79 bits per heavy atom. The Kier molecular flexibility index (Phi) is 6.89. The number of sulfonamides is 1. The van der Waals surface area contributed by atoms with Crippen LogP contribution >= 0.6 is 0 Å². The van der Waals surface area contributed by atoms with E-state index in [4.69, 9.17) is 14.2 Å². The Bertz CT molecular complexity index is 950. The number of rotatable bonds is 7. The molecule has 1 aliphatic rings. The summed E-state index contributed by atoms with van der Waals surface area (Å²) in [5.74, 6) is 0.219.